The number of halogens is 2. The van der Waals surface area contributed by atoms with E-state index in [1.54, 1.807) is 6.07 Å². The average molecular weight is 472 g/mol. The van der Waals surface area contributed by atoms with Crippen LogP contribution >= 0.6 is 0 Å². The molecule has 0 bridgehead atoms. The molecule has 0 aliphatic carbocycles. The van der Waals surface area contributed by atoms with Crippen molar-refractivity contribution in [2.75, 3.05) is 19.7 Å². The molecule has 34 heavy (non-hydrogen) atoms. The second kappa shape index (κ2) is 9.50. The molecule has 0 saturated carbocycles. The van der Waals surface area contributed by atoms with Crippen LogP contribution in [0.25, 0.3) is 0 Å². The molecule has 1 spiro atoms. The van der Waals surface area contributed by atoms with Gasteiger partial charge in [0.25, 0.3) is 11.8 Å². The Bertz CT molecular complexity index is 1080. The maximum Gasteiger partial charge on any atom is 0.256 e. The summed E-state index contributed by atoms with van der Waals surface area (Å²) in [5, 5.41) is 2.83. The zero-order valence-corrected chi connectivity index (χ0v) is 19.1. The number of carbonyl (C=O) groups is 3. The van der Waals surface area contributed by atoms with Crippen LogP contribution in [0.5, 0.6) is 0 Å². The molecule has 3 amide bonds. The number of amides is 3. The molecule has 180 valence electrons. The van der Waals surface area contributed by atoms with Crippen molar-refractivity contribution in [3.8, 4) is 0 Å². The quantitative estimate of drug-likeness (QED) is 0.744. The van der Waals surface area contributed by atoms with Crippen molar-refractivity contribution < 1.29 is 27.9 Å². The lowest BCUT2D eigenvalue weighted by molar-refractivity contribution is -0.128. The Hall–Kier alpha value is -3.33. The van der Waals surface area contributed by atoms with E-state index >= 15 is 0 Å². The van der Waals surface area contributed by atoms with Gasteiger partial charge in [0.05, 0.1) is 12.2 Å². The number of ether oxygens (including phenoxy) is 1. The van der Waals surface area contributed by atoms with Gasteiger partial charge in [-0.15, -0.1) is 0 Å². The fraction of sp³-hybridized carbons (Fsp3) is 0.400. The molecule has 2 aromatic rings. The van der Waals surface area contributed by atoms with Crippen LogP contribution in [0.1, 0.15) is 47.4 Å². The van der Waals surface area contributed by atoms with Crippen LogP contribution in [0.15, 0.2) is 48.5 Å². The van der Waals surface area contributed by atoms with Crippen molar-refractivity contribution in [3.63, 3.8) is 0 Å². The van der Waals surface area contributed by atoms with Crippen molar-refractivity contribution in [2.24, 2.45) is 0 Å². The van der Waals surface area contributed by atoms with Gasteiger partial charge in [-0.1, -0.05) is 12.1 Å². The molecule has 1 atom stereocenters. The van der Waals surface area contributed by atoms with Crippen LogP contribution < -0.4 is 5.32 Å². The number of nitrogens with one attached hydrogen (secondary N) is 1. The molecule has 2 aliphatic rings. The molecule has 1 N–H and O–H groups in total. The van der Waals surface area contributed by atoms with Crippen LogP contribution in [0.2, 0.25) is 0 Å². The normalized spacial score (nSPS) is 19.5. The van der Waals surface area contributed by atoms with Gasteiger partial charge in [-0.05, 0) is 50.2 Å². The average Bonchev–Trinajstić information content (AvgIpc) is 3.17. The van der Waals surface area contributed by atoms with Gasteiger partial charge in [-0.25, -0.2) is 8.78 Å². The van der Waals surface area contributed by atoms with Crippen LogP contribution in [-0.4, -0.2) is 65.0 Å². The van der Waals surface area contributed by atoms with E-state index in [2.05, 4.69) is 5.32 Å². The van der Waals surface area contributed by atoms with Gasteiger partial charge in [0.2, 0.25) is 5.91 Å². The molecular formula is C25H27F2N3O4. The predicted octanol–water partition coefficient (Wildman–Crippen LogP) is 2.96. The minimum absolute atomic E-state index is 0.00669. The van der Waals surface area contributed by atoms with E-state index in [9.17, 15) is 23.2 Å². The summed E-state index contributed by atoms with van der Waals surface area (Å²) in [4.78, 5) is 42.3. The molecule has 2 saturated heterocycles. The molecule has 2 aromatic carbocycles. The van der Waals surface area contributed by atoms with E-state index in [1.807, 2.05) is 13.8 Å². The van der Waals surface area contributed by atoms with Gasteiger partial charge >= 0.3 is 0 Å². The number of hydrogen-bond donors (Lipinski definition) is 1. The van der Waals surface area contributed by atoms with Crippen LogP contribution in [-0.2, 0) is 9.53 Å². The summed E-state index contributed by atoms with van der Waals surface area (Å²) in [7, 11) is 0. The van der Waals surface area contributed by atoms with E-state index < -0.39 is 35.2 Å². The molecule has 1 unspecified atom stereocenters. The first kappa shape index (κ1) is 23.8. The third-order valence-corrected chi connectivity index (χ3v) is 6.24. The van der Waals surface area contributed by atoms with E-state index in [-0.39, 0.29) is 55.6 Å². The van der Waals surface area contributed by atoms with Crippen molar-refractivity contribution in [1.29, 1.82) is 0 Å². The Morgan fingerprint density at radius 1 is 1.00 bits per heavy atom. The lowest BCUT2D eigenvalue weighted by atomic mass is 9.96. The van der Waals surface area contributed by atoms with E-state index in [1.165, 1.54) is 52.3 Å². The van der Waals surface area contributed by atoms with Gasteiger partial charge in [0.1, 0.15) is 23.4 Å². The Morgan fingerprint density at radius 3 is 2.26 bits per heavy atom. The Kier molecular flexibility index (Phi) is 6.65. The number of carbonyl (C=O) groups excluding carboxylic acids is 3. The summed E-state index contributed by atoms with van der Waals surface area (Å²) in [5.74, 6) is -2.29. The topological polar surface area (TPSA) is 79.0 Å². The smallest absolute Gasteiger partial charge is 0.256 e. The molecular weight excluding hydrogens is 444 g/mol. The molecule has 0 radical (unpaired) electrons. The van der Waals surface area contributed by atoms with Gasteiger partial charge in [-0.2, -0.15) is 0 Å². The number of piperidine rings is 1. The van der Waals surface area contributed by atoms with Gasteiger partial charge in [-0.3, -0.25) is 19.3 Å². The molecule has 2 fully saturated rings. The lowest BCUT2D eigenvalue weighted by Gasteiger charge is -2.44. The summed E-state index contributed by atoms with van der Waals surface area (Å²) in [5.41, 5.74) is -0.881. The standard InChI is InChI=1S/C25H27F2N3O4/c1-16(2)28-22(31)21-15-34-25(30(21)23(32)17-7-9-18(26)10-8-17)11-13-29(14-12-25)24(33)19-5-3-4-6-20(19)27/h3-10,16,21H,11-15H2,1-2H3,(H,28,31). The number of likely N-dealkylation sites (tertiary alicyclic amines) is 1. The lowest BCUT2D eigenvalue weighted by Crippen LogP contribution is -2.60. The monoisotopic (exact) mass is 471 g/mol. The fourth-order valence-electron chi connectivity index (χ4n) is 4.54. The van der Waals surface area contributed by atoms with Crippen LogP contribution in [0.3, 0.4) is 0 Å². The molecule has 9 heteroatoms. The molecule has 4 rings (SSSR count). The number of rotatable bonds is 4. The highest BCUT2D eigenvalue weighted by Gasteiger charge is 2.54. The minimum atomic E-state index is -1.10. The van der Waals surface area contributed by atoms with Crippen LogP contribution in [0.4, 0.5) is 8.78 Å². The highest BCUT2D eigenvalue weighted by Crippen LogP contribution is 2.39. The molecule has 7 nitrogen and oxygen atoms in total. The molecule has 2 aliphatic heterocycles. The van der Waals surface area contributed by atoms with Crippen molar-refractivity contribution >= 4 is 17.7 Å². The third-order valence-electron chi connectivity index (χ3n) is 6.24. The second-order valence-electron chi connectivity index (χ2n) is 8.89. The molecule has 2 heterocycles. The zero-order valence-electron chi connectivity index (χ0n) is 19.1. The minimum Gasteiger partial charge on any atom is -0.353 e. The second-order valence-corrected chi connectivity index (χ2v) is 8.89. The summed E-state index contributed by atoms with van der Waals surface area (Å²) in [6.07, 6.45) is 0.511. The van der Waals surface area contributed by atoms with Crippen molar-refractivity contribution in [2.45, 2.75) is 44.5 Å². The van der Waals surface area contributed by atoms with E-state index in [4.69, 9.17) is 4.74 Å². The maximum absolute atomic E-state index is 14.1. The fourth-order valence-corrected chi connectivity index (χ4v) is 4.54. The molecule has 0 aromatic heterocycles. The SMILES string of the molecule is CC(C)NC(=O)C1COC2(CCN(C(=O)c3ccccc3F)CC2)N1C(=O)c1ccc(F)cc1. The first-order chi connectivity index (χ1) is 16.2. The van der Waals surface area contributed by atoms with Crippen LogP contribution in [0, 0.1) is 11.6 Å². The van der Waals surface area contributed by atoms with Gasteiger partial charge < -0.3 is 15.0 Å². The Labute approximate surface area is 196 Å². The summed E-state index contributed by atoms with van der Waals surface area (Å²) < 4.78 is 33.6. The number of benzene rings is 2. The summed E-state index contributed by atoms with van der Waals surface area (Å²) >= 11 is 0. The van der Waals surface area contributed by atoms with Crippen molar-refractivity contribution in [1.82, 2.24) is 15.1 Å². The Balaban J connectivity index is 1.58. The summed E-state index contributed by atoms with van der Waals surface area (Å²) in [6, 6.07) is 9.92. The largest absolute Gasteiger partial charge is 0.353 e. The third kappa shape index (κ3) is 4.52. The summed E-state index contributed by atoms with van der Waals surface area (Å²) in [6.45, 7) is 4.09. The maximum atomic E-state index is 14.1. The Morgan fingerprint density at radius 2 is 1.65 bits per heavy atom. The first-order valence-corrected chi connectivity index (χ1v) is 11.3. The predicted molar refractivity (Wildman–Crippen MR) is 120 cm³/mol. The highest BCUT2D eigenvalue weighted by atomic mass is 19.1. The number of nitrogens with zero attached hydrogens (tertiary/aromatic N) is 2. The van der Waals surface area contributed by atoms with Crippen molar-refractivity contribution in [3.05, 3.63) is 71.3 Å². The first-order valence-electron chi connectivity index (χ1n) is 11.3. The number of hydrogen-bond acceptors (Lipinski definition) is 4. The van der Waals surface area contributed by atoms with E-state index in [0.717, 1.165) is 0 Å². The highest BCUT2D eigenvalue weighted by molar-refractivity contribution is 5.98. The van der Waals surface area contributed by atoms with Gasteiger partial charge in [0.15, 0.2) is 0 Å². The van der Waals surface area contributed by atoms with Gasteiger partial charge in [0, 0.05) is 37.5 Å². The van der Waals surface area contributed by atoms with E-state index in [0.29, 0.717) is 0 Å². The zero-order chi connectivity index (χ0) is 24.5.